The van der Waals surface area contributed by atoms with Crippen LogP contribution in [0.2, 0.25) is 0 Å². The number of rotatable bonds is 6. The van der Waals surface area contributed by atoms with Crippen LogP contribution in [0.15, 0.2) is 0 Å². The number of carbonyl (C=O) groups excluding carboxylic acids is 1. The predicted octanol–water partition coefficient (Wildman–Crippen LogP) is 0.626. The third-order valence-corrected chi connectivity index (χ3v) is 3.12. The first-order valence-electron chi connectivity index (χ1n) is 5.83. The zero-order chi connectivity index (χ0) is 12.0. The second-order valence-corrected chi connectivity index (χ2v) is 4.49. The second kappa shape index (κ2) is 6.06. The van der Waals surface area contributed by atoms with Gasteiger partial charge < -0.3 is 20.5 Å². The molecule has 1 saturated carbocycles. The van der Waals surface area contributed by atoms with Gasteiger partial charge in [0.2, 0.25) is 0 Å². The molecule has 0 saturated heterocycles. The quantitative estimate of drug-likeness (QED) is 0.626. The Hall–Kier alpha value is -0.810. The van der Waals surface area contributed by atoms with Gasteiger partial charge in [-0.1, -0.05) is 0 Å². The number of aliphatic hydroxyl groups is 1. The van der Waals surface area contributed by atoms with Crippen LogP contribution in [-0.4, -0.2) is 43.0 Å². The van der Waals surface area contributed by atoms with Crippen molar-refractivity contribution < 1.29 is 14.6 Å². The molecule has 0 aliphatic heterocycles. The van der Waals surface area contributed by atoms with E-state index in [0.717, 1.165) is 12.8 Å². The predicted molar refractivity (Wildman–Crippen MR) is 61.3 cm³/mol. The summed E-state index contributed by atoms with van der Waals surface area (Å²) in [4.78, 5) is 11.4. The lowest BCUT2D eigenvalue weighted by Crippen LogP contribution is -2.51. The number of carbonyl (C=O) groups is 1. The van der Waals surface area contributed by atoms with Crippen LogP contribution in [0.3, 0.4) is 0 Å². The van der Waals surface area contributed by atoms with E-state index in [4.69, 9.17) is 9.84 Å². The van der Waals surface area contributed by atoms with Crippen molar-refractivity contribution in [1.82, 2.24) is 10.6 Å². The fourth-order valence-corrected chi connectivity index (χ4v) is 1.72. The lowest BCUT2D eigenvalue weighted by molar-refractivity contribution is -0.0674. The minimum atomic E-state index is -0.378. The number of nitrogens with one attached hydrogen (secondary N) is 2. The number of amides is 2. The Morgan fingerprint density at radius 2 is 2.19 bits per heavy atom. The Bertz CT molecular complexity index is 222. The van der Waals surface area contributed by atoms with Crippen LogP contribution in [0, 0.1) is 0 Å². The van der Waals surface area contributed by atoms with E-state index in [9.17, 15) is 4.79 Å². The smallest absolute Gasteiger partial charge is 0.314 e. The molecule has 0 aromatic carbocycles. The Morgan fingerprint density at radius 3 is 2.62 bits per heavy atom. The summed E-state index contributed by atoms with van der Waals surface area (Å²) >= 11 is 0. The average Bonchev–Trinajstić information content (AvgIpc) is 2.16. The van der Waals surface area contributed by atoms with Crippen LogP contribution in [0.1, 0.15) is 32.6 Å². The highest BCUT2D eigenvalue weighted by Gasteiger charge is 2.37. The summed E-state index contributed by atoms with van der Waals surface area (Å²) in [7, 11) is 1.69. The van der Waals surface area contributed by atoms with E-state index >= 15 is 0 Å². The molecule has 0 aromatic heterocycles. The van der Waals surface area contributed by atoms with Crippen LogP contribution in [0.5, 0.6) is 0 Å². The third kappa shape index (κ3) is 3.98. The number of urea groups is 1. The molecule has 94 valence electrons. The summed E-state index contributed by atoms with van der Waals surface area (Å²) in [6.45, 7) is 2.75. The number of ether oxygens (including phenoxy) is 1. The zero-order valence-electron chi connectivity index (χ0n) is 10.1. The Morgan fingerprint density at radius 1 is 1.50 bits per heavy atom. The van der Waals surface area contributed by atoms with Gasteiger partial charge in [0.05, 0.1) is 11.7 Å². The molecule has 3 N–H and O–H groups in total. The van der Waals surface area contributed by atoms with Crippen molar-refractivity contribution >= 4 is 6.03 Å². The van der Waals surface area contributed by atoms with Gasteiger partial charge in [-0.3, -0.25) is 0 Å². The van der Waals surface area contributed by atoms with Gasteiger partial charge in [-0.2, -0.15) is 0 Å². The SMILES string of the molecule is COC1(CNC(=O)NCCC(C)O)CCC1. The average molecular weight is 230 g/mol. The molecule has 1 atom stereocenters. The standard InChI is InChI=1S/C11H22N2O3/c1-9(14)4-7-12-10(15)13-8-11(16-2)5-3-6-11/h9,14H,3-8H2,1-2H3,(H2,12,13,15). The summed E-state index contributed by atoms with van der Waals surface area (Å²) in [6, 6.07) is -0.191. The van der Waals surface area contributed by atoms with Crippen LogP contribution in [-0.2, 0) is 4.74 Å². The summed E-state index contributed by atoms with van der Waals surface area (Å²) in [6.07, 6.45) is 3.38. The second-order valence-electron chi connectivity index (χ2n) is 4.49. The van der Waals surface area contributed by atoms with Crippen LogP contribution < -0.4 is 10.6 Å². The van der Waals surface area contributed by atoms with Gasteiger partial charge in [0.15, 0.2) is 0 Å². The van der Waals surface area contributed by atoms with Crippen LogP contribution in [0.25, 0.3) is 0 Å². The molecule has 0 spiro atoms. The first-order valence-corrected chi connectivity index (χ1v) is 5.83. The molecule has 5 heteroatoms. The van der Waals surface area contributed by atoms with E-state index in [1.54, 1.807) is 14.0 Å². The van der Waals surface area contributed by atoms with Gasteiger partial charge in [-0.25, -0.2) is 4.79 Å². The Kier molecular flexibility index (Phi) is 5.02. The lowest BCUT2D eigenvalue weighted by atomic mass is 9.80. The van der Waals surface area contributed by atoms with Gasteiger partial charge in [0.25, 0.3) is 0 Å². The van der Waals surface area contributed by atoms with Crippen molar-refractivity contribution in [1.29, 1.82) is 0 Å². The highest BCUT2D eigenvalue weighted by atomic mass is 16.5. The minimum absolute atomic E-state index is 0.137. The zero-order valence-corrected chi connectivity index (χ0v) is 10.1. The number of methoxy groups -OCH3 is 1. The number of hydrogen-bond acceptors (Lipinski definition) is 3. The maximum atomic E-state index is 11.4. The highest BCUT2D eigenvalue weighted by Crippen LogP contribution is 2.34. The van der Waals surface area contributed by atoms with Gasteiger partial charge in [0.1, 0.15) is 0 Å². The van der Waals surface area contributed by atoms with Gasteiger partial charge in [-0.05, 0) is 32.6 Å². The highest BCUT2D eigenvalue weighted by molar-refractivity contribution is 5.73. The van der Waals surface area contributed by atoms with Gasteiger partial charge in [0, 0.05) is 20.2 Å². The summed E-state index contributed by atoms with van der Waals surface area (Å²) < 4.78 is 5.38. The molecule has 1 unspecified atom stereocenters. The molecular weight excluding hydrogens is 208 g/mol. The number of hydrogen-bond donors (Lipinski definition) is 3. The van der Waals surface area contributed by atoms with Gasteiger partial charge >= 0.3 is 6.03 Å². The van der Waals surface area contributed by atoms with Crippen molar-refractivity contribution in [3.63, 3.8) is 0 Å². The molecule has 0 bridgehead atoms. The maximum Gasteiger partial charge on any atom is 0.314 e. The molecule has 1 aliphatic carbocycles. The van der Waals surface area contributed by atoms with Crippen molar-refractivity contribution in [3.8, 4) is 0 Å². The molecule has 1 fully saturated rings. The maximum absolute atomic E-state index is 11.4. The van der Waals surface area contributed by atoms with Crippen molar-refractivity contribution in [2.75, 3.05) is 20.2 Å². The third-order valence-electron chi connectivity index (χ3n) is 3.12. The molecule has 2 amide bonds. The van der Waals surface area contributed by atoms with Crippen LogP contribution >= 0.6 is 0 Å². The molecule has 1 aliphatic rings. The molecule has 0 radical (unpaired) electrons. The van der Waals surface area contributed by atoms with Gasteiger partial charge in [-0.15, -0.1) is 0 Å². The van der Waals surface area contributed by atoms with E-state index in [1.165, 1.54) is 6.42 Å². The van der Waals surface area contributed by atoms with E-state index in [2.05, 4.69) is 10.6 Å². The Balaban J connectivity index is 2.10. The summed E-state index contributed by atoms with van der Waals surface area (Å²) in [5.41, 5.74) is -0.137. The van der Waals surface area contributed by atoms with Crippen molar-refractivity contribution in [2.24, 2.45) is 0 Å². The molecular formula is C11H22N2O3. The normalized spacial score (nSPS) is 19.7. The molecule has 0 aromatic rings. The largest absolute Gasteiger partial charge is 0.393 e. The first-order chi connectivity index (χ1) is 7.58. The van der Waals surface area contributed by atoms with Crippen molar-refractivity contribution in [2.45, 2.75) is 44.3 Å². The Labute approximate surface area is 96.6 Å². The van der Waals surface area contributed by atoms with Crippen LogP contribution in [0.4, 0.5) is 4.79 Å². The fraction of sp³-hybridized carbons (Fsp3) is 0.909. The monoisotopic (exact) mass is 230 g/mol. The lowest BCUT2D eigenvalue weighted by Gasteiger charge is -2.40. The van der Waals surface area contributed by atoms with Crippen molar-refractivity contribution in [3.05, 3.63) is 0 Å². The first kappa shape index (κ1) is 13.3. The van der Waals surface area contributed by atoms with E-state index in [-0.39, 0.29) is 17.7 Å². The summed E-state index contributed by atoms with van der Waals surface area (Å²) in [5.74, 6) is 0. The molecule has 0 heterocycles. The number of aliphatic hydroxyl groups excluding tert-OH is 1. The summed E-state index contributed by atoms with van der Waals surface area (Å²) in [5, 5.41) is 14.5. The fourth-order valence-electron chi connectivity index (χ4n) is 1.72. The van der Waals surface area contributed by atoms with E-state index in [0.29, 0.717) is 19.5 Å². The molecule has 16 heavy (non-hydrogen) atoms. The topological polar surface area (TPSA) is 70.6 Å². The van der Waals surface area contributed by atoms with E-state index < -0.39 is 0 Å². The molecule has 1 rings (SSSR count). The molecule has 5 nitrogen and oxygen atoms in total. The minimum Gasteiger partial charge on any atom is -0.393 e. The van der Waals surface area contributed by atoms with E-state index in [1.807, 2.05) is 0 Å².